The van der Waals surface area contributed by atoms with Gasteiger partial charge < -0.3 is 10.5 Å². The second kappa shape index (κ2) is 4.33. The zero-order chi connectivity index (χ0) is 10.8. The summed E-state index contributed by atoms with van der Waals surface area (Å²) in [4.78, 5) is 0.826. The quantitative estimate of drug-likeness (QED) is 0.791. The first-order chi connectivity index (χ1) is 7.16. The number of hydrogen-bond acceptors (Lipinski definition) is 3. The minimum atomic E-state index is -0.972. The van der Waals surface area contributed by atoms with Crippen molar-refractivity contribution in [3.8, 4) is 0 Å². The lowest BCUT2D eigenvalue weighted by Crippen LogP contribution is -2.41. The molecule has 1 fully saturated rings. The van der Waals surface area contributed by atoms with Gasteiger partial charge in [0.2, 0.25) is 0 Å². The van der Waals surface area contributed by atoms with Crippen molar-refractivity contribution in [3.63, 3.8) is 0 Å². The summed E-state index contributed by atoms with van der Waals surface area (Å²) in [7, 11) is -0.972. The maximum atomic E-state index is 11.9. The molecule has 1 heterocycles. The Morgan fingerprint density at radius 2 is 2.13 bits per heavy atom. The minimum Gasteiger partial charge on any atom is -0.399 e. The second-order valence-electron chi connectivity index (χ2n) is 3.93. The van der Waals surface area contributed by atoms with Crippen molar-refractivity contribution >= 4 is 16.5 Å². The monoisotopic (exact) mass is 225 g/mol. The molecule has 0 radical (unpaired) electrons. The molecule has 1 aliphatic heterocycles. The molecule has 15 heavy (non-hydrogen) atoms. The summed E-state index contributed by atoms with van der Waals surface area (Å²) >= 11 is 0. The topological polar surface area (TPSA) is 52.3 Å². The highest BCUT2D eigenvalue weighted by Gasteiger charge is 2.29. The average Bonchev–Trinajstić information content (AvgIpc) is 2.24. The molecule has 3 unspecified atom stereocenters. The molecule has 0 saturated carbocycles. The smallest absolute Gasteiger partial charge is 0.0741 e. The highest BCUT2D eigenvalue weighted by molar-refractivity contribution is 7.85. The van der Waals surface area contributed by atoms with Crippen LogP contribution in [0.15, 0.2) is 29.2 Å². The fraction of sp³-hybridized carbons (Fsp3) is 0.455. The van der Waals surface area contributed by atoms with Gasteiger partial charge in [0, 0.05) is 16.5 Å². The van der Waals surface area contributed by atoms with Crippen LogP contribution < -0.4 is 5.73 Å². The maximum absolute atomic E-state index is 11.9. The molecule has 0 bridgehead atoms. The number of hydrogen-bond donors (Lipinski definition) is 1. The predicted octanol–water partition coefficient (Wildman–Crippen LogP) is 1.41. The van der Waals surface area contributed by atoms with Crippen LogP contribution in [0.5, 0.6) is 0 Å². The Labute approximate surface area is 92.1 Å². The van der Waals surface area contributed by atoms with E-state index in [-0.39, 0.29) is 6.10 Å². The predicted molar refractivity (Wildman–Crippen MR) is 61.0 cm³/mol. The van der Waals surface area contributed by atoms with Crippen molar-refractivity contribution in [3.05, 3.63) is 24.3 Å². The second-order valence-corrected chi connectivity index (χ2v) is 5.43. The van der Waals surface area contributed by atoms with Gasteiger partial charge in [-0.2, -0.15) is 0 Å². The van der Waals surface area contributed by atoms with Gasteiger partial charge >= 0.3 is 0 Å². The SMILES string of the molecule is CC1COC1CS(=O)c1ccc(N)cc1. The fourth-order valence-corrected chi connectivity index (χ4v) is 2.86. The Hall–Kier alpha value is -0.870. The Morgan fingerprint density at radius 3 is 2.60 bits per heavy atom. The normalized spacial score (nSPS) is 27.0. The van der Waals surface area contributed by atoms with Crippen molar-refractivity contribution in [1.29, 1.82) is 0 Å². The van der Waals surface area contributed by atoms with E-state index in [4.69, 9.17) is 10.5 Å². The van der Waals surface area contributed by atoms with E-state index in [1.807, 2.05) is 12.1 Å². The Morgan fingerprint density at radius 1 is 1.47 bits per heavy atom. The van der Waals surface area contributed by atoms with E-state index >= 15 is 0 Å². The Balaban J connectivity index is 1.98. The van der Waals surface area contributed by atoms with Crippen molar-refractivity contribution in [2.24, 2.45) is 5.92 Å². The molecule has 82 valence electrons. The summed E-state index contributed by atoms with van der Waals surface area (Å²) in [5.41, 5.74) is 6.26. The molecule has 0 aliphatic carbocycles. The van der Waals surface area contributed by atoms with Crippen LogP contribution in [0.25, 0.3) is 0 Å². The van der Waals surface area contributed by atoms with Crippen molar-refractivity contribution < 1.29 is 8.95 Å². The van der Waals surface area contributed by atoms with E-state index in [1.54, 1.807) is 12.1 Å². The molecule has 1 aromatic carbocycles. The Kier molecular flexibility index (Phi) is 3.07. The molecule has 4 heteroatoms. The van der Waals surface area contributed by atoms with E-state index in [0.29, 0.717) is 17.4 Å². The minimum absolute atomic E-state index is 0.156. The van der Waals surface area contributed by atoms with Gasteiger partial charge in [0.25, 0.3) is 0 Å². The maximum Gasteiger partial charge on any atom is 0.0741 e. The number of benzene rings is 1. The number of anilines is 1. The molecule has 0 spiro atoms. The van der Waals surface area contributed by atoms with Gasteiger partial charge in [-0.05, 0) is 24.3 Å². The molecule has 1 saturated heterocycles. The highest BCUT2D eigenvalue weighted by Crippen LogP contribution is 2.22. The van der Waals surface area contributed by atoms with E-state index in [1.165, 1.54) is 0 Å². The van der Waals surface area contributed by atoms with Crippen LogP contribution in [0, 0.1) is 5.92 Å². The van der Waals surface area contributed by atoms with Gasteiger partial charge in [0.05, 0.1) is 29.3 Å². The van der Waals surface area contributed by atoms with Crippen LogP contribution >= 0.6 is 0 Å². The molecule has 0 amide bonds. The van der Waals surface area contributed by atoms with Crippen LogP contribution in [-0.2, 0) is 15.5 Å². The van der Waals surface area contributed by atoms with Gasteiger partial charge in [-0.1, -0.05) is 6.92 Å². The summed E-state index contributed by atoms with van der Waals surface area (Å²) in [5, 5.41) is 0. The highest BCUT2D eigenvalue weighted by atomic mass is 32.2. The zero-order valence-electron chi connectivity index (χ0n) is 8.68. The summed E-state index contributed by atoms with van der Waals surface area (Å²) < 4.78 is 17.2. The molecule has 3 nitrogen and oxygen atoms in total. The van der Waals surface area contributed by atoms with Crippen molar-refractivity contribution in [1.82, 2.24) is 0 Å². The molecule has 3 atom stereocenters. The third-order valence-corrected chi connectivity index (χ3v) is 4.10. The van der Waals surface area contributed by atoms with Gasteiger partial charge in [0.1, 0.15) is 0 Å². The van der Waals surface area contributed by atoms with E-state index in [0.717, 1.165) is 11.5 Å². The molecular weight excluding hydrogens is 210 g/mol. The molecule has 0 aromatic heterocycles. The standard InChI is InChI=1S/C11H15NO2S/c1-8-6-14-11(8)7-15(13)10-4-2-9(12)3-5-10/h2-5,8,11H,6-7,12H2,1H3. The zero-order valence-corrected chi connectivity index (χ0v) is 9.50. The van der Waals surface area contributed by atoms with Gasteiger partial charge in [-0.15, -0.1) is 0 Å². The van der Waals surface area contributed by atoms with E-state index < -0.39 is 10.8 Å². The lowest BCUT2D eigenvalue weighted by molar-refractivity contribution is -0.0911. The van der Waals surface area contributed by atoms with Gasteiger partial charge in [0.15, 0.2) is 0 Å². The summed E-state index contributed by atoms with van der Waals surface area (Å²) in [6.45, 7) is 2.91. The third-order valence-electron chi connectivity index (χ3n) is 2.67. The molecular formula is C11H15NO2S. The summed E-state index contributed by atoms with van der Waals surface area (Å²) in [6.07, 6.45) is 0.156. The van der Waals surface area contributed by atoms with Crippen molar-refractivity contribution in [2.45, 2.75) is 17.9 Å². The molecule has 2 rings (SSSR count). The first-order valence-electron chi connectivity index (χ1n) is 5.02. The van der Waals surface area contributed by atoms with Crippen LogP contribution in [0.1, 0.15) is 6.92 Å². The molecule has 1 aliphatic rings. The molecule has 2 N–H and O–H groups in total. The summed E-state index contributed by atoms with van der Waals surface area (Å²) in [6, 6.07) is 7.18. The van der Waals surface area contributed by atoms with E-state index in [2.05, 4.69) is 6.92 Å². The number of nitrogen functional groups attached to an aromatic ring is 1. The van der Waals surface area contributed by atoms with Crippen LogP contribution in [-0.4, -0.2) is 22.7 Å². The number of rotatable bonds is 3. The largest absolute Gasteiger partial charge is 0.399 e. The summed E-state index contributed by atoms with van der Waals surface area (Å²) in [5.74, 6) is 1.12. The number of nitrogens with two attached hydrogens (primary N) is 1. The number of ether oxygens (including phenoxy) is 1. The lowest BCUT2D eigenvalue weighted by atomic mass is 10.0. The van der Waals surface area contributed by atoms with Crippen molar-refractivity contribution in [2.75, 3.05) is 18.1 Å². The van der Waals surface area contributed by atoms with Gasteiger partial charge in [-0.3, -0.25) is 4.21 Å². The van der Waals surface area contributed by atoms with Crippen LogP contribution in [0.3, 0.4) is 0 Å². The van der Waals surface area contributed by atoms with E-state index in [9.17, 15) is 4.21 Å². The Bertz CT molecular complexity index is 363. The fourth-order valence-electron chi connectivity index (χ4n) is 1.50. The lowest BCUT2D eigenvalue weighted by Gasteiger charge is -2.33. The third kappa shape index (κ3) is 2.38. The van der Waals surface area contributed by atoms with Gasteiger partial charge in [-0.25, -0.2) is 0 Å². The molecule has 1 aromatic rings. The van der Waals surface area contributed by atoms with Crippen LogP contribution in [0.4, 0.5) is 5.69 Å². The first-order valence-corrected chi connectivity index (χ1v) is 6.34. The average molecular weight is 225 g/mol. The van der Waals surface area contributed by atoms with Crippen LogP contribution in [0.2, 0.25) is 0 Å². The first kappa shape index (κ1) is 10.6.